The zero-order valence-corrected chi connectivity index (χ0v) is 13.9. The number of halogens is 3. The Morgan fingerprint density at radius 2 is 1.96 bits per heavy atom. The van der Waals surface area contributed by atoms with Crippen LogP contribution in [0.3, 0.4) is 0 Å². The highest BCUT2D eigenvalue weighted by molar-refractivity contribution is 5.99. The van der Waals surface area contributed by atoms with Gasteiger partial charge in [0.1, 0.15) is 0 Å². The van der Waals surface area contributed by atoms with Gasteiger partial charge in [-0.05, 0) is 18.2 Å². The van der Waals surface area contributed by atoms with E-state index in [0.29, 0.717) is 5.69 Å². The van der Waals surface area contributed by atoms with Crippen molar-refractivity contribution in [3.05, 3.63) is 64.7 Å². The molecule has 1 aromatic carbocycles. The molecule has 0 radical (unpaired) electrons. The minimum atomic E-state index is -1.76. The molecule has 2 heterocycles. The van der Waals surface area contributed by atoms with Gasteiger partial charge >= 0.3 is 0 Å². The number of pyridine rings is 1. The Morgan fingerprint density at radius 1 is 1.22 bits per heavy atom. The standard InChI is InChI=1S/C17H16F3N3O4/c18-13-9(7-10(14(19)15(13)20)17-26-5-6-27-17)16(23-25)22-12(8-24)11-3-1-2-4-21-11/h1-4,7,12,17,24-25H,5-6,8H2,(H,22,23). The lowest BCUT2D eigenvalue weighted by Gasteiger charge is -2.19. The third-order valence-electron chi connectivity index (χ3n) is 3.94. The van der Waals surface area contributed by atoms with Crippen LogP contribution in [0, 0.1) is 17.5 Å². The molecule has 0 amide bonds. The van der Waals surface area contributed by atoms with E-state index >= 15 is 0 Å². The molecule has 1 unspecified atom stereocenters. The van der Waals surface area contributed by atoms with E-state index in [1.165, 1.54) is 6.20 Å². The molecule has 1 aromatic heterocycles. The first-order chi connectivity index (χ1) is 13.1. The number of aliphatic hydroxyl groups excluding tert-OH is 1. The summed E-state index contributed by atoms with van der Waals surface area (Å²) in [6, 6.07) is 4.94. The maximum absolute atomic E-state index is 14.3. The van der Waals surface area contributed by atoms with Crippen LogP contribution in [0.5, 0.6) is 0 Å². The lowest BCUT2D eigenvalue weighted by atomic mass is 10.1. The zero-order valence-electron chi connectivity index (χ0n) is 13.9. The number of oxime groups is 1. The number of hydrogen-bond acceptors (Lipinski definition) is 6. The number of ether oxygens (including phenoxy) is 2. The second kappa shape index (κ2) is 8.33. The number of benzene rings is 1. The van der Waals surface area contributed by atoms with Gasteiger partial charge in [0, 0.05) is 11.8 Å². The van der Waals surface area contributed by atoms with Crippen LogP contribution in [-0.2, 0) is 9.47 Å². The first-order valence-electron chi connectivity index (χ1n) is 7.98. The third-order valence-corrected chi connectivity index (χ3v) is 3.94. The molecule has 0 spiro atoms. The summed E-state index contributed by atoms with van der Waals surface area (Å²) >= 11 is 0. The summed E-state index contributed by atoms with van der Waals surface area (Å²) < 4.78 is 52.7. The number of nitrogens with one attached hydrogen (secondary N) is 1. The number of nitrogens with zero attached hydrogens (tertiary/aromatic N) is 2. The van der Waals surface area contributed by atoms with Crippen molar-refractivity contribution in [2.45, 2.75) is 12.3 Å². The molecule has 1 aliphatic heterocycles. The van der Waals surface area contributed by atoms with Gasteiger partial charge in [0.25, 0.3) is 0 Å². The average Bonchev–Trinajstić information content (AvgIpc) is 3.23. The Bertz CT molecular complexity index is 830. The van der Waals surface area contributed by atoms with E-state index < -0.39 is 47.8 Å². The van der Waals surface area contributed by atoms with Crippen LogP contribution in [0.1, 0.15) is 29.2 Å². The molecule has 0 bridgehead atoms. The Morgan fingerprint density at radius 3 is 2.56 bits per heavy atom. The van der Waals surface area contributed by atoms with Crippen LogP contribution >= 0.6 is 0 Å². The Labute approximate surface area is 152 Å². The van der Waals surface area contributed by atoms with Crippen LogP contribution in [-0.4, -0.2) is 41.0 Å². The molecule has 3 N–H and O–H groups in total. The van der Waals surface area contributed by atoms with Crippen LogP contribution in [0.25, 0.3) is 0 Å². The third kappa shape index (κ3) is 3.87. The van der Waals surface area contributed by atoms with Gasteiger partial charge in [-0.1, -0.05) is 11.2 Å². The molecule has 1 fully saturated rings. The van der Waals surface area contributed by atoms with E-state index in [4.69, 9.17) is 9.47 Å². The van der Waals surface area contributed by atoms with E-state index in [1.807, 2.05) is 0 Å². The van der Waals surface area contributed by atoms with Crippen LogP contribution < -0.4 is 5.32 Å². The lowest BCUT2D eigenvalue weighted by Crippen LogP contribution is -2.33. The Hall–Kier alpha value is -2.69. The summed E-state index contributed by atoms with van der Waals surface area (Å²) in [6.07, 6.45) is 0.267. The van der Waals surface area contributed by atoms with E-state index in [2.05, 4.69) is 15.5 Å². The molecule has 0 saturated carbocycles. The van der Waals surface area contributed by atoms with Gasteiger partial charge in [0.2, 0.25) is 0 Å². The predicted molar refractivity (Wildman–Crippen MR) is 86.5 cm³/mol. The Balaban J connectivity index is 1.97. The summed E-state index contributed by atoms with van der Waals surface area (Å²) in [5.41, 5.74) is -0.561. The lowest BCUT2D eigenvalue weighted by molar-refractivity contribution is -0.0469. The molecule has 7 nitrogen and oxygen atoms in total. The van der Waals surface area contributed by atoms with Crippen LogP contribution in [0.15, 0.2) is 35.6 Å². The fraction of sp³-hybridized carbons (Fsp3) is 0.294. The number of amidine groups is 1. The topological polar surface area (TPSA) is 96.2 Å². The maximum atomic E-state index is 14.3. The van der Waals surface area contributed by atoms with Crippen molar-refractivity contribution >= 4 is 5.84 Å². The molecule has 10 heteroatoms. The van der Waals surface area contributed by atoms with Gasteiger partial charge in [-0.2, -0.15) is 0 Å². The molecule has 1 aliphatic rings. The van der Waals surface area contributed by atoms with Gasteiger partial charge in [-0.25, -0.2) is 13.2 Å². The SMILES string of the molecule is OCC(N/C(=N\O)c1cc(C2OCCO2)c(F)c(F)c1F)c1ccccn1. The first kappa shape index (κ1) is 19.1. The fourth-order valence-corrected chi connectivity index (χ4v) is 2.63. The number of rotatable bonds is 5. The number of aliphatic hydroxyl groups is 1. The molecule has 1 saturated heterocycles. The summed E-state index contributed by atoms with van der Waals surface area (Å²) in [5, 5.41) is 24.3. The average molecular weight is 383 g/mol. The molecule has 1 atom stereocenters. The Kier molecular flexibility index (Phi) is 5.89. The van der Waals surface area contributed by atoms with Crippen molar-refractivity contribution in [2.75, 3.05) is 19.8 Å². The highest BCUT2D eigenvalue weighted by atomic mass is 19.2. The minimum absolute atomic E-state index is 0.171. The van der Waals surface area contributed by atoms with Gasteiger partial charge in [0.05, 0.1) is 37.1 Å². The summed E-state index contributed by atoms with van der Waals surface area (Å²) in [6.45, 7) is -0.142. The normalized spacial score (nSPS) is 16.5. The zero-order chi connectivity index (χ0) is 19.4. The highest BCUT2D eigenvalue weighted by Gasteiger charge is 2.30. The number of hydrogen-bond donors (Lipinski definition) is 3. The molecule has 2 aromatic rings. The van der Waals surface area contributed by atoms with E-state index in [1.54, 1.807) is 18.2 Å². The monoisotopic (exact) mass is 383 g/mol. The summed E-state index contributed by atoms with van der Waals surface area (Å²) in [7, 11) is 0. The molecular weight excluding hydrogens is 367 g/mol. The predicted octanol–water partition coefficient (Wildman–Crippen LogP) is 2.00. The number of aromatic nitrogens is 1. The van der Waals surface area contributed by atoms with Gasteiger partial charge in [0.15, 0.2) is 29.6 Å². The van der Waals surface area contributed by atoms with Gasteiger partial charge < -0.3 is 25.1 Å². The second-order valence-corrected chi connectivity index (χ2v) is 5.61. The molecule has 144 valence electrons. The first-order valence-corrected chi connectivity index (χ1v) is 7.98. The maximum Gasteiger partial charge on any atom is 0.195 e. The van der Waals surface area contributed by atoms with Gasteiger partial charge in [-0.15, -0.1) is 0 Å². The summed E-state index contributed by atoms with van der Waals surface area (Å²) in [4.78, 5) is 4.04. The summed E-state index contributed by atoms with van der Waals surface area (Å²) in [5.74, 6) is -5.30. The van der Waals surface area contributed by atoms with Crippen molar-refractivity contribution in [3.63, 3.8) is 0 Å². The van der Waals surface area contributed by atoms with E-state index in [0.717, 1.165) is 6.07 Å². The van der Waals surface area contributed by atoms with Crippen molar-refractivity contribution in [1.29, 1.82) is 0 Å². The molecule has 0 aliphatic carbocycles. The minimum Gasteiger partial charge on any atom is -0.409 e. The van der Waals surface area contributed by atoms with E-state index in [9.17, 15) is 23.5 Å². The van der Waals surface area contributed by atoms with Crippen molar-refractivity contribution in [2.24, 2.45) is 5.16 Å². The second-order valence-electron chi connectivity index (χ2n) is 5.61. The quantitative estimate of drug-likeness (QED) is 0.240. The highest BCUT2D eigenvalue weighted by Crippen LogP contribution is 2.30. The fourth-order valence-electron chi connectivity index (χ4n) is 2.63. The van der Waals surface area contributed by atoms with Gasteiger partial charge in [-0.3, -0.25) is 4.98 Å². The smallest absolute Gasteiger partial charge is 0.195 e. The molecule has 3 rings (SSSR count). The van der Waals surface area contributed by atoms with Crippen LogP contribution in [0.4, 0.5) is 13.2 Å². The largest absolute Gasteiger partial charge is 0.409 e. The molecule has 27 heavy (non-hydrogen) atoms. The van der Waals surface area contributed by atoms with Crippen molar-refractivity contribution < 1.29 is 33.0 Å². The molecular formula is C17H16F3N3O4. The van der Waals surface area contributed by atoms with E-state index in [-0.39, 0.29) is 18.8 Å². The van der Waals surface area contributed by atoms with Crippen molar-refractivity contribution in [3.8, 4) is 0 Å². The van der Waals surface area contributed by atoms with Crippen molar-refractivity contribution in [1.82, 2.24) is 10.3 Å². The van der Waals surface area contributed by atoms with Crippen LogP contribution in [0.2, 0.25) is 0 Å².